The molecule has 0 aromatic heterocycles. The van der Waals surface area contributed by atoms with Crippen LogP contribution >= 0.6 is 0 Å². The van der Waals surface area contributed by atoms with E-state index in [0.29, 0.717) is 6.42 Å². The van der Waals surface area contributed by atoms with Crippen LogP contribution in [0.25, 0.3) is 0 Å². The van der Waals surface area contributed by atoms with Gasteiger partial charge in [0.25, 0.3) is 0 Å². The number of hydrogen-bond acceptors (Lipinski definition) is 13. The number of aliphatic hydroxyl groups excluding tert-OH is 4. The van der Waals surface area contributed by atoms with Crippen molar-refractivity contribution in [1.82, 2.24) is 0 Å². The number of cyclic esters (lactones) is 1. The lowest BCUT2D eigenvalue weighted by atomic mass is 9.83. The minimum Gasteiger partial charge on any atom is -0.481 e. The van der Waals surface area contributed by atoms with E-state index in [1.807, 2.05) is 6.08 Å². The summed E-state index contributed by atoms with van der Waals surface area (Å²) in [5.74, 6) is -5.45. The van der Waals surface area contributed by atoms with Gasteiger partial charge in [0.05, 0.1) is 48.8 Å². The van der Waals surface area contributed by atoms with Crippen LogP contribution in [0.1, 0.15) is 46.0 Å². The molecule has 0 spiro atoms. The highest BCUT2D eigenvalue weighted by atomic mass is 16.7. The third-order valence-corrected chi connectivity index (χ3v) is 8.58. The SMILES string of the molecule is C[C@@H]1C\C=C/C=C\C=C/C=C\[C@@H](OC2O[C@H](C)[C@@H](O)[C@H](N)[C@H]2O)C[C@@H]2O[C@@](O)(C[C@H](O)C[C@@H]3OC3/C=C\C(=O)O1)C[C@@H](O)[C@H]2C(=O)O. The summed E-state index contributed by atoms with van der Waals surface area (Å²) < 4.78 is 28.5. The van der Waals surface area contributed by atoms with Gasteiger partial charge in [0, 0.05) is 38.2 Å². The van der Waals surface area contributed by atoms with Crippen molar-refractivity contribution < 1.29 is 63.9 Å². The molecule has 0 aromatic rings. The van der Waals surface area contributed by atoms with E-state index >= 15 is 0 Å². The van der Waals surface area contributed by atoms with Crippen molar-refractivity contribution in [3.63, 3.8) is 0 Å². The molecule has 3 fully saturated rings. The summed E-state index contributed by atoms with van der Waals surface area (Å²) in [6, 6.07) is -1.08. The first-order chi connectivity index (χ1) is 22.3. The number of carbonyl (C=O) groups excluding carboxylic acids is 1. The maximum atomic E-state index is 12.3. The van der Waals surface area contributed by atoms with Crippen LogP contribution in [0, 0.1) is 5.92 Å². The smallest absolute Gasteiger partial charge is 0.330 e. The van der Waals surface area contributed by atoms with E-state index in [9.17, 15) is 40.2 Å². The number of rotatable bonds is 3. The molecule has 0 aliphatic carbocycles. The minimum absolute atomic E-state index is 0.0789. The molecular formula is C33H47NO13. The first-order valence-electron chi connectivity index (χ1n) is 15.9. The van der Waals surface area contributed by atoms with Crippen LogP contribution in [0.5, 0.6) is 0 Å². The summed E-state index contributed by atoms with van der Waals surface area (Å²) in [7, 11) is 0. The fourth-order valence-electron chi connectivity index (χ4n) is 6.00. The Morgan fingerprint density at radius 1 is 0.936 bits per heavy atom. The van der Waals surface area contributed by atoms with Gasteiger partial charge >= 0.3 is 11.9 Å². The molecule has 2 unspecified atom stereocenters. The van der Waals surface area contributed by atoms with Crippen LogP contribution in [0.4, 0.5) is 0 Å². The largest absolute Gasteiger partial charge is 0.481 e. The van der Waals surface area contributed by atoms with Crippen LogP contribution < -0.4 is 5.73 Å². The summed E-state index contributed by atoms with van der Waals surface area (Å²) >= 11 is 0. The molecule has 14 atom stereocenters. The van der Waals surface area contributed by atoms with E-state index in [-0.39, 0.29) is 25.4 Å². The molecule has 8 N–H and O–H groups in total. The van der Waals surface area contributed by atoms with E-state index < -0.39 is 97.3 Å². The number of carboxylic acid groups (broad SMARTS) is 1. The van der Waals surface area contributed by atoms with Crippen molar-refractivity contribution in [2.45, 2.75) is 125 Å². The fourth-order valence-corrected chi connectivity index (χ4v) is 6.00. The minimum atomic E-state index is -2.10. The van der Waals surface area contributed by atoms with Crippen molar-refractivity contribution in [3.8, 4) is 0 Å². The van der Waals surface area contributed by atoms with Crippen molar-refractivity contribution in [1.29, 1.82) is 0 Å². The standard InChI is InChI=1S/C33H47NO13/c1-18-10-8-6-4-3-5-7-9-11-21(45-32-30(39)28(34)29(38)19(2)44-32)15-25-27(31(40)41)22(36)17-33(42,47-25)16-20(35)14-24-23(46-24)12-13-26(37)43-18/h3-9,11-13,18-25,27-30,32,35-36,38-39,42H,10,14-17,34H2,1-2H3,(H,40,41)/b4-3-,7-5-,8-6-,11-9-,13-12-/t18-,19-,20-,21-,22-,23?,24+,25+,27-,28+,29-,30-,32?,33+/m1/s1. The van der Waals surface area contributed by atoms with Crippen LogP contribution in [0.15, 0.2) is 60.8 Å². The Kier molecular flexibility index (Phi) is 13.1. The van der Waals surface area contributed by atoms with Gasteiger partial charge in [0.15, 0.2) is 12.1 Å². The molecule has 0 radical (unpaired) electrons. The molecule has 4 aliphatic rings. The molecule has 0 aromatic carbocycles. The van der Waals surface area contributed by atoms with Gasteiger partial charge in [-0.2, -0.15) is 0 Å². The molecule has 4 rings (SSSR count). The first kappa shape index (κ1) is 37.1. The van der Waals surface area contributed by atoms with Crippen LogP contribution in [-0.2, 0) is 33.3 Å². The maximum Gasteiger partial charge on any atom is 0.330 e. The van der Waals surface area contributed by atoms with Gasteiger partial charge in [-0.25, -0.2) is 4.79 Å². The topological polar surface area (TPSA) is 231 Å². The Morgan fingerprint density at radius 3 is 2.36 bits per heavy atom. The van der Waals surface area contributed by atoms with Crippen molar-refractivity contribution in [2.75, 3.05) is 0 Å². The van der Waals surface area contributed by atoms with Gasteiger partial charge in [-0.3, -0.25) is 4.79 Å². The summed E-state index contributed by atoms with van der Waals surface area (Å²) in [5.41, 5.74) is 5.98. The summed E-state index contributed by atoms with van der Waals surface area (Å²) in [4.78, 5) is 24.4. The number of allylic oxidation sites excluding steroid dienone is 6. The van der Waals surface area contributed by atoms with Crippen LogP contribution in [0.3, 0.4) is 0 Å². The third kappa shape index (κ3) is 10.6. The highest BCUT2D eigenvalue weighted by molar-refractivity contribution is 5.82. The molecule has 47 heavy (non-hydrogen) atoms. The van der Waals surface area contributed by atoms with E-state index in [2.05, 4.69) is 0 Å². The molecular weight excluding hydrogens is 618 g/mol. The van der Waals surface area contributed by atoms with E-state index in [1.165, 1.54) is 12.2 Å². The molecule has 2 bridgehead atoms. The second kappa shape index (κ2) is 16.6. The molecule has 0 saturated carbocycles. The lowest BCUT2D eigenvalue weighted by Gasteiger charge is -2.45. The number of nitrogens with two attached hydrogens (primary N) is 1. The Bertz CT molecular complexity index is 1220. The van der Waals surface area contributed by atoms with Crippen molar-refractivity contribution >= 4 is 11.9 Å². The number of aliphatic carboxylic acids is 1. The summed E-state index contributed by atoms with van der Waals surface area (Å²) in [6.07, 6.45) is 5.25. The number of epoxide rings is 1. The van der Waals surface area contributed by atoms with E-state index in [0.717, 1.165) is 0 Å². The van der Waals surface area contributed by atoms with E-state index in [4.69, 9.17) is 29.4 Å². The monoisotopic (exact) mass is 665 g/mol. The number of ether oxygens (including phenoxy) is 5. The highest BCUT2D eigenvalue weighted by Crippen LogP contribution is 2.39. The van der Waals surface area contributed by atoms with Gasteiger partial charge in [0.2, 0.25) is 0 Å². The zero-order chi connectivity index (χ0) is 34.3. The lowest BCUT2D eigenvalue weighted by molar-refractivity contribution is -0.308. The molecule has 0 amide bonds. The van der Waals surface area contributed by atoms with Gasteiger partial charge in [0.1, 0.15) is 24.2 Å². The number of carboxylic acids is 1. The van der Waals surface area contributed by atoms with Crippen molar-refractivity contribution in [3.05, 3.63) is 60.8 Å². The Labute approximate surface area is 273 Å². The predicted octanol–water partition coefficient (Wildman–Crippen LogP) is 0.120. The molecule has 14 heteroatoms. The number of hydrogen-bond donors (Lipinski definition) is 7. The highest BCUT2D eigenvalue weighted by Gasteiger charge is 2.51. The Morgan fingerprint density at radius 2 is 1.64 bits per heavy atom. The fraction of sp³-hybridized carbons (Fsp3) is 0.636. The van der Waals surface area contributed by atoms with Crippen LogP contribution in [0.2, 0.25) is 0 Å². The summed E-state index contributed by atoms with van der Waals surface area (Å²) in [6.45, 7) is 3.34. The summed E-state index contributed by atoms with van der Waals surface area (Å²) in [5, 5.41) is 63.9. The Balaban J connectivity index is 1.58. The predicted molar refractivity (Wildman–Crippen MR) is 165 cm³/mol. The number of aliphatic hydroxyl groups is 5. The van der Waals surface area contributed by atoms with Crippen LogP contribution in [-0.4, -0.2) is 122 Å². The number of esters is 1. The second-order valence-corrected chi connectivity index (χ2v) is 12.6. The molecule has 4 heterocycles. The lowest BCUT2D eigenvalue weighted by Crippen LogP contribution is -2.61. The first-order valence-corrected chi connectivity index (χ1v) is 15.9. The third-order valence-electron chi connectivity index (χ3n) is 8.58. The molecule has 3 saturated heterocycles. The molecule has 14 nitrogen and oxygen atoms in total. The van der Waals surface area contributed by atoms with Gasteiger partial charge in [-0.05, 0) is 19.9 Å². The maximum absolute atomic E-state index is 12.3. The van der Waals surface area contributed by atoms with Gasteiger partial charge in [-0.15, -0.1) is 0 Å². The molecule has 4 aliphatic heterocycles. The average molecular weight is 666 g/mol. The molecule has 262 valence electrons. The van der Waals surface area contributed by atoms with Crippen molar-refractivity contribution in [2.24, 2.45) is 11.7 Å². The normalized spacial score (nSPS) is 47.2. The quantitative estimate of drug-likeness (QED) is 0.157. The van der Waals surface area contributed by atoms with Gasteiger partial charge in [-0.1, -0.05) is 48.6 Å². The zero-order valence-electron chi connectivity index (χ0n) is 26.4. The zero-order valence-corrected chi connectivity index (χ0v) is 26.4. The average Bonchev–Trinajstić information content (AvgIpc) is 3.72. The second-order valence-electron chi connectivity index (χ2n) is 12.6. The van der Waals surface area contributed by atoms with E-state index in [1.54, 1.807) is 56.4 Å². The number of carbonyl (C=O) groups is 2. The number of fused-ring (bicyclic) bond motifs is 3. The Hall–Kier alpha value is -2.76. The van der Waals surface area contributed by atoms with Gasteiger partial charge < -0.3 is 60.1 Å².